The molecule has 0 aliphatic carbocycles. The molecule has 0 bridgehead atoms. The number of rotatable bonds is 3. The molecule has 0 fully saturated rings. The van der Waals surface area contributed by atoms with Crippen LogP contribution in [-0.4, -0.2) is 9.97 Å². The van der Waals surface area contributed by atoms with E-state index < -0.39 is 11.6 Å². The Hall–Kier alpha value is -1.88. The van der Waals surface area contributed by atoms with Crippen molar-refractivity contribution in [1.82, 2.24) is 9.97 Å². The SMILES string of the molecule is Cc1nc(Cc2ccc(F)cc2F)ncc1C(C)N. The summed E-state index contributed by atoms with van der Waals surface area (Å²) < 4.78 is 26.3. The highest BCUT2D eigenvalue weighted by Gasteiger charge is 2.10. The first-order valence-corrected chi connectivity index (χ1v) is 5.99. The maximum Gasteiger partial charge on any atom is 0.133 e. The van der Waals surface area contributed by atoms with Gasteiger partial charge in [-0.15, -0.1) is 0 Å². The number of halogens is 2. The minimum absolute atomic E-state index is 0.142. The summed E-state index contributed by atoms with van der Waals surface area (Å²) in [6, 6.07) is 3.35. The van der Waals surface area contributed by atoms with Gasteiger partial charge >= 0.3 is 0 Å². The van der Waals surface area contributed by atoms with E-state index in [9.17, 15) is 8.78 Å². The van der Waals surface area contributed by atoms with Crippen LogP contribution in [0, 0.1) is 18.6 Å². The molecule has 19 heavy (non-hydrogen) atoms. The minimum Gasteiger partial charge on any atom is -0.324 e. The van der Waals surface area contributed by atoms with Crippen LogP contribution in [0.3, 0.4) is 0 Å². The van der Waals surface area contributed by atoms with Gasteiger partial charge in [-0.1, -0.05) is 6.07 Å². The molecule has 0 radical (unpaired) electrons. The third-order valence-corrected chi connectivity index (χ3v) is 2.92. The lowest BCUT2D eigenvalue weighted by atomic mass is 10.1. The zero-order valence-corrected chi connectivity index (χ0v) is 10.8. The molecule has 0 aliphatic rings. The number of benzene rings is 1. The lowest BCUT2D eigenvalue weighted by molar-refractivity contribution is 0.573. The largest absolute Gasteiger partial charge is 0.324 e. The van der Waals surface area contributed by atoms with Crippen molar-refractivity contribution >= 4 is 0 Å². The molecule has 1 aromatic carbocycles. The van der Waals surface area contributed by atoms with E-state index in [1.54, 1.807) is 6.20 Å². The standard InChI is InChI=1S/C14H15F2N3/c1-8(17)12-7-18-14(19-9(12)2)5-10-3-4-11(15)6-13(10)16/h3-4,6-8H,5,17H2,1-2H3. The van der Waals surface area contributed by atoms with Gasteiger partial charge in [0.15, 0.2) is 0 Å². The number of nitrogens with two attached hydrogens (primary N) is 1. The van der Waals surface area contributed by atoms with E-state index in [1.165, 1.54) is 12.1 Å². The smallest absolute Gasteiger partial charge is 0.133 e. The summed E-state index contributed by atoms with van der Waals surface area (Å²) in [7, 11) is 0. The Morgan fingerprint density at radius 1 is 1.32 bits per heavy atom. The summed E-state index contributed by atoms with van der Waals surface area (Å²) in [5, 5.41) is 0. The molecule has 0 amide bonds. The molecule has 2 rings (SSSR count). The number of hydrogen-bond acceptors (Lipinski definition) is 3. The fourth-order valence-corrected chi connectivity index (χ4v) is 1.89. The van der Waals surface area contributed by atoms with E-state index in [4.69, 9.17) is 5.73 Å². The Balaban J connectivity index is 2.26. The summed E-state index contributed by atoms with van der Waals surface area (Å²) in [6.45, 7) is 3.69. The van der Waals surface area contributed by atoms with Crippen molar-refractivity contribution in [2.24, 2.45) is 5.73 Å². The highest BCUT2D eigenvalue weighted by Crippen LogP contribution is 2.15. The zero-order chi connectivity index (χ0) is 14.0. The lowest BCUT2D eigenvalue weighted by Gasteiger charge is -2.10. The van der Waals surface area contributed by atoms with E-state index >= 15 is 0 Å². The van der Waals surface area contributed by atoms with Crippen molar-refractivity contribution in [2.45, 2.75) is 26.3 Å². The second-order valence-electron chi connectivity index (χ2n) is 4.53. The van der Waals surface area contributed by atoms with Crippen molar-refractivity contribution in [1.29, 1.82) is 0 Å². The minimum atomic E-state index is -0.592. The maximum absolute atomic E-state index is 13.5. The van der Waals surface area contributed by atoms with Crippen molar-refractivity contribution < 1.29 is 8.78 Å². The van der Waals surface area contributed by atoms with Gasteiger partial charge in [0.25, 0.3) is 0 Å². The zero-order valence-electron chi connectivity index (χ0n) is 10.8. The Bertz CT molecular complexity index is 597. The highest BCUT2D eigenvalue weighted by molar-refractivity contribution is 5.24. The van der Waals surface area contributed by atoms with E-state index in [0.717, 1.165) is 17.3 Å². The normalized spacial score (nSPS) is 12.5. The molecule has 2 aromatic rings. The molecule has 1 atom stereocenters. The van der Waals surface area contributed by atoms with Crippen LogP contribution >= 0.6 is 0 Å². The first-order chi connectivity index (χ1) is 8.97. The van der Waals surface area contributed by atoms with Crippen molar-refractivity contribution in [3.05, 3.63) is 58.7 Å². The van der Waals surface area contributed by atoms with Gasteiger partial charge in [-0.2, -0.15) is 0 Å². The first-order valence-electron chi connectivity index (χ1n) is 5.99. The number of aromatic nitrogens is 2. The fraction of sp³-hybridized carbons (Fsp3) is 0.286. The van der Waals surface area contributed by atoms with Crippen molar-refractivity contribution in [3.63, 3.8) is 0 Å². The number of nitrogens with zero attached hydrogens (tertiary/aromatic N) is 2. The van der Waals surface area contributed by atoms with Gasteiger partial charge in [-0.3, -0.25) is 0 Å². The van der Waals surface area contributed by atoms with Crippen LogP contribution in [0.2, 0.25) is 0 Å². The average Bonchev–Trinajstić information content (AvgIpc) is 2.32. The Morgan fingerprint density at radius 3 is 2.63 bits per heavy atom. The van der Waals surface area contributed by atoms with Gasteiger partial charge in [-0.25, -0.2) is 18.7 Å². The highest BCUT2D eigenvalue weighted by atomic mass is 19.1. The molecule has 100 valence electrons. The lowest BCUT2D eigenvalue weighted by Crippen LogP contribution is -2.10. The van der Waals surface area contributed by atoms with Crippen molar-refractivity contribution in [2.75, 3.05) is 0 Å². The molecule has 2 N–H and O–H groups in total. The van der Waals surface area contributed by atoms with E-state index in [2.05, 4.69) is 9.97 Å². The van der Waals surface area contributed by atoms with Gasteiger partial charge < -0.3 is 5.73 Å². The summed E-state index contributed by atoms with van der Waals surface area (Å²) in [4.78, 5) is 8.47. The summed E-state index contributed by atoms with van der Waals surface area (Å²) in [6.07, 6.45) is 1.88. The summed E-state index contributed by atoms with van der Waals surface area (Å²) >= 11 is 0. The molecular weight excluding hydrogens is 248 g/mol. The number of hydrogen-bond donors (Lipinski definition) is 1. The third-order valence-electron chi connectivity index (χ3n) is 2.92. The molecule has 1 heterocycles. The summed E-state index contributed by atoms with van der Waals surface area (Å²) in [5.74, 6) is -0.685. The fourth-order valence-electron chi connectivity index (χ4n) is 1.89. The molecule has 5 heteroatoms. The second-order valence-corrected chi connectivity index (χ2v) is 4.53. The molecule has 0 aliphatic heterocycles. The molecule has 3 nitrogen and oxygen atoms in total. The molecule has 0 saturated heterocycles. The third kappa shape index (κ3) is 3.12. The predicted molar refractivity (Wildman–Crippen MR) is 68.5 cm³/mol. The predicted octanol–water partition coefficient (Wildman–Crippen LogP) is 2.67. The monoisotopic (exact) mass is 263 g/mol. The summed E-state index contributed by atoms with van der Waals surface area (Å²) in [5.41, 5.74) is 7.79. The topological polar surface area (TPSA) is 51.8 Å². The Morgan fingerprint density at radius 2 is 2.05 bits per heavy atom. The molecule has 0 spiro atoms. The van der Waals surface area contributed by atoms with E-state index in [1.807, 2.05) is 13.8 Å². The van der Waals surface area contributed by atoms with Crippen LogP contribution in [0.25, 0.3) is 0 Å². The van der Waals surface area contributed by atoms with E-state index in [-0.39, 0.29) is 12.5 Å². The van der Waals surface area contributed by atoms with Gasteiger partial charge in [0.05, 0.1) is 0 Å². The van der Waals surface area contributed by atoms with E-state index in [0.29, 0.717) is 11.4 Å². The maximum atomic E-state index is 13.5. The van der Waals surface area contributed by atoms with Crippen LogP contribution in [0.15, 0.2) is 24.4 Å². The molecule has 0 saturated carbocycles. The van der Waals surface area contributed by atoms with Crippen LogP contribution in [0.1, 0.15) is 35.6 Å². The number of aryl methyl sites for hydroxylation is 1. The van der Waals surface area contributed by atoms with Gasteiger partial charge in [0.1, 0.15) is 17.5 Å². The molecule has 1 unspecified atom stereocenters. The van der Waals surface area contributed by atoms with Gasteiger partial charge in [0, 0.05) is 36.0 Å². The quantitative estimate of drug-likeness (QED) is 0.926. The molecular formula is C14H15F2N3. The average molecular weight is 263 g/mol. The van der Waals surface area contributed by atoms with Crippen LogP contribution in [0.4, 0.5) is 8.78 Å². The van der Waals surface area contributed by atoms with Crippen LogP contribution < -0.4 is 5.73 Å². The van der Waals surface area contributed by atoms with Crippen molar-refractivity contribution in [3.8, 4) is 0 Å². The van der Waals surface area contributed by atoms with Gasteiger partial charge in [-0.05, 0) is 25.5 Å². The van der Waals surface area contributed by atoms with Crippen LogP contribution in [0.5, 0.6) is 0 Å². The van der Waals surface area contributed by atoms with Gasteiger partial charge in [0.2, 0.25) is 0 Å². The Kier molecular flexibility index (Phi) is 3.85. The first kappa shape index (κ1) is 13.5. The second kappa shape index (κ2) is 5.40. The molecule has 1 aromatic heterocycles. The van der Waals surface area contributed by atoms with Crippen LogP contribution in [-0.2, 0) is 6.42 Å². The Labute approximate surface area is 110 Å².